The van der Waals surface area contributed by atoms with Crippen molar-refractivity contribution in [3.63, 3.8) is 0 Å². The largest absolute Gasteiger partial charge is 0.294 e. The van der Waals surface area contributed by atoms with Crippen molar-refractivity contribution in [2.45, 2.75) is 43.5 Å². The van der Waals surface area contributed by atoms with E-state index in [0.29, 0.717) is 22.9 Å². The van der Waals surface area contributed by atoms with Gasteiger partial charge in [0.1, 0.15) is 0 Å². The highest BCUT2D eigenvalue weighted by molar-refractivity contribution is 7.98. The zero-order valence-electron chi connectivity index (χ0n) is 17.0. The highest BCUT2D eigenvalue weighted by atomic mass is 32.2. The van der Waals surface area contributed by atoms with Crippen LogP contribution < -0.4 is 0 Å². The molecule has 1 atom stereocenters. The molecule has 1 aliphatic carbocycles. The molecule has 0 radical (unpaired) electrons. The van der Waals surface area contributed by atoms with Crippen molar-refractivity contribution in [1.82, 2.24) is 19.6 Å². The van der Waals surface area contributed by atoms with Crippen LogP contribution in [0.1, 0.15) is 50.6 Å². The fraction of sp³-hybridized carbons (Fsp3) is 0.250. The maximum atomic E-state index is 12.8. The van der Waals surface area contributed by atoms with Crippen molar-refractivity contribution in [2.24, 2.45) is 0 Å². The van der Waals surface area contributed by atoms with Gasteiger partial charge in [0, 0.05) is 18.4 Å². The Balaban J connectivity index is 1.41. The summed E-state index contributed by atoms with van der Waals surface area (Å²) in [5.74, 6) is 1.64. The van der Waals surface area contributed by atoms with E-state index < -0.39 is 0 Å². The van der Waals surface area contributed by atoms with Crippen molar-refractivity contribution >= 4 is 23.3 Å². The highest BCUT2D eigenvalue weighted by Gasteiger charge is 2.28. The number of nitrogens with zero attached hydrogens (tertiary/aromatic N) is 4. The van der Waals surface area contributed by atoms with E-state index in [9.17, 15) is 4.79 Å². The van der Waals surface area contributed by atoms with Gasteiger partial charge in [0.15, 0.2) is 5.78 Å². The van der Waals surface area contributed by atoms with E-state index in [0.717, 1.165) is 17.9 Å². The van der Waals surface area contributed by atoms with E-state index in [1.807, 2.05) is 0 Å². The second kappa shape index (κ2) is 7.69. The Morgan fingerprint density at radius 1 is 1.03 bits per heavy atom. The molecule has 0 N–H and O–H groups in total. The average Bonchev–Trinajstić information content (AvgIpc) is 3.13. The van der Waals surface area contributed by atoms with Gasteiger partial charge in [-0.05, 0) is 37.3 Å². The quantitative estimate of drug-likeness (QED) is 0.442. The summed E-state index contributed by atoms with van der Waals surface area (Å²) >= 11 is 1.58. The predicted molar refractivity (Wildman–Crippen MR) is 118 cm³/mol. The van der Waals surface area contributed by atoms with Gasteiger partial charge in [-0.1, -0.05) is 71.4 Å². The Morgan fingerprint density at radius 2 is 1.83 bits per heavy atom. The number of carbonyl (C=O) groups is 1. The van der Waals surface area contributed by atoms with E-state index in [1.165, 1.54) is 22.3 Å². The molecule has 5 nitrogen and oxygen atoms in total. The fourth-order valence-corrected chi connectivity index (χ4v) is 4.80. The smallest absolute Gasteiger partial charge is 0.253 e. The van der Waals surface area contributed by atoms with Crippen LogP contribution in [-0.4, -0.2) is 25.4 Å². The van der Waals surface area contributed by atoms with E-state index in [1.54, 1.807) is 22.5 Å². The molecule has 0 saturated carbocycles. The molecule has 0 fully saturated rings. The third kappa shape index (κ3) is 3.75. The third-order valence-electron chi connectivity index (χ3n) is 5.53. The summed E-state index contributed by atoms with van der Waals surface area (Å²) in [5.41, 5.74) is 6.39. The fourth-order valence-electron chi connectivity index (χ4n) is 4.04. The second-order valence-corrected chi connectivity index (χ2v) is 8.90. The molecule has 0 aliphatic heterocycles. The highest BCUT2D eigenvalue weighted by Crippen LogP contribution is 2.32. The molecule has 0 amide bonds. The van der Waals surface area contributed by atoms with Crippen LogP contribution in [0.5, 0.6) is 0 Å². The molecule has 150 valence electrons. The molecule has 6 heteroatoms. The lowest BCUT2D eigenvalue weighted by Gasteiger charge is -2.23. The van der Waals surface area contributed by atoms with Crippen molar-refractivity contribution in [2.75, 3.05) is 0 Å². The lowest BCUT2D eigenvalue weighted by Crippen LogP contribution is -2.21. The number of hydrogen-bond acceptors (Lipinski definition) is 5. The molecule has 0 saturated heterocycles. The van der Waals surface area contributed by atoms with Gasteiger partial charge >= 0.3 is 0 Å². The van der Waals surface area contributed by atoms with Crippen LogP contribution >= 0.6 is 11.8 Å². The maximum Gasteiger partial charge on any atom is 0.253 e. The molecule has 2 aromatic heterocycles. The number of hydrogen-bond donors (Lipinski definition) is 0. The molecule has 2 aromatic carbocycles. The minimum Gasteiger partial charge on any atom is -0.294 e. The number of Topliss-reactive ketones (excluding diaryl/α,β-unsaturated/α-hetero) is 1. The van der Waals surface area contributed by atoms with Gasteiger partial charge in [0.05, 0.1) is 11.3 Å². The Kier molecular flexibility index (Phi) is 4.87. The molecule has 2 heterocycles. The van der Waals surface area contributed by atoms with Crippen molar-refractivity contribution in [1.29, 1.82) is 0 Å². The lowest BCUT2D eigenvalue weighted by atomic mass is 9.82. The van der Waals surface area contributed by atoms with Gasteiger partial charge in [-0.3, -0.25) is 4.79 Å². The Labute approximate surface area is 179 Å². The van der Waals surface area contributed by atoms with E-state index in [4.69, 9.17) is 4.98 Å². The number of ketones is 1. The Bertz CT molecular complexity index is 1260. The van der Waals surface area contributed by atoms with E-state index >= 15 is 0 Å². The van der Waals surface area contributed by atoms with Gasteiger partial charge < -0.3 is 0 Å². The SMILES string of the molecule is Cc1cccc(CSc2nc3nc4c(cn3n2)C(=O)C[C@@H](c2cccc(C)c2)C4)c1. The topological polar surface area (TPSA) is 60.1 Å². The molecule has 0 spiro atoms. The zero-order valence-corrected chi connectivity index (χ0v) is 17.8. The molecule has 1 aliphatic rings. The maximum absolute atomic E-state index is 12.8. The minimum absolute atomic E-state index is 0.126. The van der Waals surface area contributed by atoms with Gasteiger partial charge in [-0.2, -0.15) is 4.98 Å². The first kappa shape index (κ1) is 19.0. The van der Waals surface area contributed by atoms with E-state index in [2.05, 4.69) is 72.5 Å². The lowest BCUT2D eigenvalue weighted by molar-refractivity contribution is 0.0962. The number of rotatable bonds is 4. The van der Waals surface area contributed by atoms with Crippen LogP contribution in [0.4, 0.5) is 0 Å². The standard InChI is InChI=1S/C24H22N4OS/c1-15-5-3-7-17(9-15)14-30-24-26-23-25-21-11-19(18-8-4-6-16(2)10-18)12-22(29)20(21)13-28(23)27-24/h3-10,13,19H,11-12,14H2,1-2H3/t19-/m0/s1. The van der Waals surface area contributed by atoms with Crippen LogP contribution in [-0.2, 0) is 12.2 Å². The van der Waals surface area contributed by atoms with Crippen molar-refractivity contribution in [3.05, 3.63) is 88.2 Å². The number of carbonyl (C=O) groups excluding carboxylic acids is 1. The average molecular weight is 415 g/mol. The number of fused-ring (bicyclic) bond motifs is 2. The molecule has 0 unspecified atom stereocenters. The van der Waals surface area contributed by atoms with Crippen LogP contribution in [0.2, 0.25) is 0 Å². The van der Waals surface area contributed by atoms with Crippen molar-refractivity contribution < 1.29 is 4.79 Å². The molecule has 4 aromatic rings. The van der Waals surface area contributed by atoms with Crippen LogP contribution in [0, 0.1) is 13.8 Å². The molecular weight excluding hydrogens is 392 g/mol. The normalized spacial score (nSPS) is 16.1. The van der Waals surface area contributed by atoms with Gasteiger partial charge in [-0.15, -0.1) is 5.10 Å². The summed E-state index contributed by atoms with van der Waals surface area (Å²) in [6, 6.07) is 16.8. The molecule has 30 heavy (non-hydrogen) atoms. The Morgan fingerprint density at radius 3 is 2.63 bits per heavy atom. The minimum atomic E-state index is 0.126. The van der Waals surface area contributed by atoms with Crippen molar-refractivity contribution in [3.8, 4) is 0 Å². The number of aromatic nitrogens is 4. The first-order chi connectivity index (χ1) is 14.5. The van der Waals surface area contributed by atoms with Crippen LogP contribution in [0.25, 0.3) is 5.78 Å². The molecular formula is C24H22N4OS. The monoisotopic (exact) mass is 414 g/mol. The first-order valence-electron chi connectivity index (χ1n) is 10.1. The summed E-state index contributed by atoms with van der Waals surface area (Å²) in [6.45, 7) is 4.17. The van der Waals surface area contributed by atoms with Gasteiger partial charge in [-0.25, -0.2) is 9.50 Å². The summed E-state index contributed by atoms with van der Waals surface area (Å²) in [7, 11) is 0. The van der Waals surface area contributed by atoms with Crippen LogP contribution in [0.3, 0.4) is 0 Å². The summed E-state index contributed by atoms with van der Waals surface area (Å²) in [6.07, 6.45) is 3.06. The molecule has 0 bridgehead atoms. The number of thioether (sulfide) groups is 1. The van der Waals surface area contributed by atoms with Crippen LogP contribution in [0.15, 0.2) is 59.9 Å². The third-order valence-corrected chi connectivity index (χ3v) is 6.44. The summed E-state index contributed by atoms with van der Waals surface area (Å²) in [5, 5.41) is 5.21. The summed E-state index contributed by atoms with van der Waals surface area (Å²) < 4.78 is 1.64. The summed E-state index contributed by atoms with van der Waals surface area (Å²) in [4.78, 5) is 22.1. The predicted octanol–water partition coefficient (Wildman–Crippen LogP) is 4.95. The van der Waals surface area contributed by atoms with Gasteiger partial charge in [0.25, 0.3) is 5.78 Å². The second-order valence-electron chi connectivity index (χ2n) is 7.96. The Hall–Kier alpha value is -2.99. The van der Waals surface area contributed by atoms with E-state index in [-0.39, 0.29) is 11.7 Å². The zero-order chi connectivity index (χ0) is 20.7. The first-order valence-corrected chi connectivity index (χ1v) is 11.1. The molecule has 5 rings (SSSR count). The number of benzene rings is 2. The van der Waals surface area contributed by atoms with Gasteiger partial charge in [0.2, 0.25) is 5.16 Å². The number of aryl methyl sites for hydroxylation is 2.